The molecule has 2 aromatic rings. The van der Waals surface area contributed by atoms with Crippen LogP contribution in [0.2, 0.25) is 0 Å². The number of furan rings is 2. The predicted molar refractivity (Wildman–Crippen MR) is 41.1 cm³/mol. The molecule has 0 unspecified atom stereocenters. The minimum atomic E-state index is 0.293. The number of nitrogens with zero attached hydrogens (tertiary/aromatic N) is 1. The summed E-state index contributed by atoms with van der Waals surface area (Å²) in [7, 11) is 0. The van der Waals surface area contributed by atoms with Crippen LogP contribution < -0.4 is 0 Å². The third-order valence-corrected chi connectivity index (χ3v) is 1.48. The summed E-state index contributed by atoms with van der Waals surface area (Å²) in [5.74, 6) is 1.51. The summed E-state index contributed by atoms with van der Waals surface area (Å²) in [4.78, 5) is 0. The Morgan fingerprint density at radius 1 is 1.17 bits per heavy atom. The fourth-order valence-electron chi connectivity index (χ4n) is 0.949. The summed E-state index contributed by atoms with van der Waals surface area (Å²) >= 11 is 0. The van der Waals surface area contributed by atoms with Gasteiger partial charge in [0.05, 0.1) is 6.26 Å². The molecule has 0 bridgehead atoms. The minimum Gasteiger partial charge on any atom is -0.461 e. The van der Waals surface area contributed by atoms with Crippen LogP contribution in [-0.2, 0) is 0 Å². The third kappa shape index (κ3) is 0.995. The van der Waals surface area contributed by atoms with E-state index in [9.17, 15) is 0 Å². The molecule has 0 saturated carbocycles. The quantitative estimate of drug-likeness (QED) is 0.641. The second-order valence-corrected chi connectivity index (χ2v) is 2.25. The summed E-state index contributed by atoms with van der Waals surface area (Å²) in [6.07, 6.45) is 1.56. The van der Waals surface area contributed by atoms with Gasteiger partial charge in [-0.15, -0.1) is 0 Å². The van der Waals surface area contributed by atoms with E-state index >= 15 is 0 Å². The van der Waals surface area contributed by atoms with Gasteiger partial charge in [-0.1, -0.05) is 0 Å². The van der Waals surface area contributed by atoms with Crippen molar-refractivity contribution in [1.82, 2.24) is 0 Å². The van der Waals surface area contributed by atoms with Crippen LogP contribution in [0.15, 0.2) is 39.4 Å². The maximum Gasteiger partial charge on any atom is 0.204 e. The summed E-state index contributed by atoms with van der Waals surface area (Å²) in [6.45, 7) is 0. The Hall–Kier alpha value is -1.95. The normalized spacial score (nSPS) is 9.58. The van der Waals surface area contributed by atoms with Crippen molar-refractivity contribution in [3.63, 3.8) is 0 Å². The first kappa shape index (κ1) is 6.74. The van der Waals surface area contributed by atoms with Crippen molar-refractivity contribution in [3.05, 3.63) is 36.3 Å². The maximum absolute atomic E-state index is 8.47. The van der Waals surface area contributed by atoms with Gasteiger partial charge in [0.2, 0.25) is 5.76 Å². The SMILES string of the molecule is N#Cc1ccc(-c2ccco2)o1. The van der Waals surface area contributed by atoms with E-state index in [1.54, 1.807) is 30.5 Å². The zero-order valence-electron chi connectivity index (χ0n) is 6.15. The average molecular weight is 159 g/mol. The van der Waals surface area contributed by atoms with Gasteiger partial charge in [-0.05, 0) is 24.3 Å². The zero-order valence-corrected chi connectivity index (χ0v) is 6.15. The lowest BCUT2D eigenvalue weighted by Crippen LogP contribution is -1.64. The Morgan fingerprint density at radius 3 is 2.67 bits per heavy atom. The molecule has 2 rings (SSSR count). The molecule has 12 heavy (non-hydrogen) atoms. The molecule has 0 amide bonds. The van der Waals surface area contributed by atoms with Gasteiger partial charge >= 0.3 is 0 Å². The Kier molecular flexibility index (Phi) is 1.45. The Balaban J connectivity index is 2.44. The Morgan fingerprint density at radius 2 is 2.08 bits per heavy atom. The van der Waals surface area contributed by atoms with Gasteiger partial charge in [-0.2, -0.15) is 5.26 Å². The van der Waals surface area contributed by atoms with Crippen LogP contribution in [0.25, 0.3) is 11.5 Å². The van der Waals surface area contributed by atoms with Gasteiger partial charge in [-0.3, -0.25) is 0 Å². The highest BCUT2D eigenvalue weighted by atomic mass is 16.4. The van der Waals surface area contributed by atoms with Crippen molar-refractivity contribution in [2.24, 2.45) is 0 Å². The second kappa shape index (κ2) is 2.59. The topological polar surface area (TPSA) is 50.1 Å². The molecule has 0 aliphatic heterocycles. The molecule has 0 N–H and O–H groups in total. The number of nitriles is 1. The van der Waals surface area contributed by atoms with Gasteiger partial charge in [0.1, 0.15) is 6.07 Å². The van der Waals surface area contributed by atoms with E-state index in [1.807, 2.05) is 6.07 Å². The molecule has 2 heterocycles. The monoisotopic (exact) mass is 159 g/mol. The smallest absolute Gasteiger partial charge is 0.204 e. The molecule has 0 spiro atoms. The fraction of sp³-hybridized carbons (Fsp3) is 0. The average Bonchev–Trinajstić information content (AvgIpc) is 2.75. The molecule has 2 aromatic heterocycles. The van der Waals surface area contributed by atoms with Crippen molar-refractivity contribution in [1.29, 1.82) is 5.26 Å². The Bertz CT molecular complexity index is 406. The first-order valence-electron chi connectivity index (χ1n) is 3.44. The van der Waals surface area contributed by atoms with Gasteiger partial charge in [-0.25, -0.2) is 0 Å². The standard InChI is InChI=1S/C9H5NO2/c10-6-7-3-4-9(12-7)8-2-1-5-11-8/h1-5H. The molecular formula is C9H5NO2. The highest BCUT2D eigenvalue weighted by molar-refractivity contribution is 5.50. The number of hydrogen-bond donors (Lipinski definition) is 0. The first-order valence-corrected chi connectivity index (χ1v) is 3.44. The number of rotatable bonds is 1. The summed E-state index contributed by atoms with van der Waals surface area (Å²) < 4.78 is 10.2. The molecular weight excluding hydrogens is 154 g/mol. The lowest BCUT2D eigenvalue weighted by molar-refractivity contribution is 0.517. The van der Waals surface area contributed by atoms with Crippen molar-refractivity contribution >= 4 is 0 Å². The third-order valence-electron chi connectivity index (χ3n) is 1.48. The molecule has 0 aliphatic rings. The lowest BCUT2D eigenvalue weighted by atomic mass is 10.3. The molecule has 0 fully saturated rings. The van der Waals surface area contributed by atoms with Crippen LogP contribution in [0.4, 0.5) is 0 Å². The summed E-state index contributed by atoms with van der Waals surface area (Å²) in [6, 6.07) is 8.76. The van der Waals surface area contributed by atoms with Crippen molar-refractivity contribution in [3.8, 4) is 17.6 Å². The fourth-order valence-corrected chi connectivity index (χ4v) is 0.949. The molecule has 0 atom stereocenters. The van der Waals surface area contributed by atoms with Crippen LogP contribution >= 0.6 is 0 Å². The van der Waals surface area contributed by atoms with Gasteiger partial charge in [0, 0.05) is 0 Å². The van der Waals surface area contributed by atoms with E-state index in [1.165, 1.54) is 0 Å². The zero-order chi connectivity index (χ0) is 8.39. The van der Waals surface area contributed by atoms with E-state index in [0.717, 1.165) is 0 Å². The molecule has 3 nitrogen and oxygen atoms in total. The van der Waals surface area contributed by atoms with Crippen LogP contribution in [0.3, 0.4) is 0 Å². The summed E-state index contributed by atoms with van der Waals surface area (Å²) in [5.41, 5.74) is 0. The van der Waals surface area contributed by atoms with Crippen molar-refractivity contribution in [2.75, 3.05) is 0 Å². The van der Waals surface area contributed by atoms with E-state index in [0.29, 0.717) is 17.3 Å². The van der Waals surface area contributed by atoms with Crippen LogP contribution in [0.5, 0.6) is 0 Å². The molecule has 58 valence electrons. The van der Waals surface area contributed by atoms with Crippen LogP contribution in [0.1, 0.15) is 5.76 Å². The van der Waals surface area contributed by atoms with E-state index < -0.39 is 0 Å². The number of hydrogen-bond acceptors (Lipinski definition) is 3. The molecule has 3 heteroatoms. The van der Waals surface area contributed by atoms with Gasteiger partial charge < -0.3 is 8.83 Å². The minimum absolute atomic E-state index is 0.293. The molecule has 0 aliphatic carbocycles. The highest BCUT2D eigenvalue weighted by Gasteiger charge is 2.05. The molecule has 0 saturated heterocycles. The molecule has 0 aromatic carbocycles. The second-order valence-electron chi connectivity index (χ2n) is 2.25. The summed E-state index contributed by atoms with van der Waals surface area (Å²) in [5, 5.41) is 8.47. The van der Waals surface area contributed by atoms with Crippen molar-refractivity contribution in [2.45, 2.75) is 0 Å². The highest BCUT2D eigenvalue weighted by Crippen LogP contribution is 2.21. The maximum atomic E-state index is 8.47. The lowest BCUT2D eigenvalue weighted by Gasteiger charge is -1.86. The largest absolute Gasteiger partial charge is 0.461 e. The van der Waals surface area contributed by atoms with E-state index in [4.69, 9.17) is 14.1 Å². The van der Waals surface area contributed by atoms with Gasteiger partial charge in [0.15, 0.2) is 11.5 Å². The van der Waals surface area contributed by atoms with Crippen molar-refractivity contribution < 1.29 is 8.83 Å². The first-order chi connectivity index (χ1) is 5.90. The van der Waals surface area contributed by atoms with Gasteiger partial charge in [0.25, 0.3) is 0 Å². The molecule has 0 radical (unpaired) electrons. The van der Waals surface area contributed by atoms with E-state index in [-0.39, 0.29) is 0 Å². The predicted octanol–water partition coefficient (Wildman–Crippen LogP) is 2.41. The van der Waals surface area contributed by atoms with Crippen LogP contribution in [0, 0.1) is 11.3 Å². The van der Waals surface area contributed by atoms with E-state index in [2.05, 4.69) is 0 Å². The Labute approximate surface area is 68.8 Å². The van der Waals surface area contributed by atoms with Crippen LogP contribution in [-0.4, -0.2) is 0 Å².